The number of nitrogens with zero attached hydrogens (tertiary/aromatic N) is 3. The molecule has 0 bridgehead atoms. The lowest BCUT2D eigenvalue weighted by Gasteiger charge is -2.36. The summed E-state index contributed by atoms with van der Waals surface area (Å²) in [7, 11) is 2.12. The maximum absolute atomic E-state index is 12.3. The van der Waals surface area contributed by atoms with Gasteiger partial charge in [-0.15, -0.1) is 0 Å². The lowest BCUT2D eigenvalue weighted by molar-refractivity contribution is -0.134. The van der Waals surface area contributed by atoms with Crippen LogP contribution in [-0.2, 0) is 9.53 Å². The van der Waals surface area contributed by atoms with Crippen LogP contribution in [0.5, 0.6) is 0 Å². The minimum Gasteiger partial charge on any atom is -0.379 e. The van der Waals surface area contributed by atoms with Gasteiger partial charge in [0.2, 0.25) is 5.91 Å². The van der Waals surface area contributed by atoms with E-state index in [9.17, 15) is 4.79 Å². The molecule has 0 aromatic carbocycles. The Morgan fingerprint density at radius 2 is 1.73 bits per heavy atom. The normalized spacial score (nSPS) is 22.5. The van der Waals surface area contributed by atoms with E-state index in [-0.39, 0.29) is 0 Å². The van der Waals surface area contributed by atoms with Crippen LogP contribution in [0.3, 0.4) is 0 Å². The van der Waals surface area contributed by atoms with Crippen molar-refractivity contribution in [1.82, 2.24) is 14.7 Å². The van der Waals surface area contributed by atoms with Gasteiger partial charge in [-0.3, -0.25) is 9.69 Å². The van der Waals surface area contributed by atoms with Gasteiger partial charge in [-0.1, -0.05) is 0 Å². The van der Waals surface area contributed by atoms with Crippen molar-refractivity contribution >= 4 is 5.91 Å². The lowest BCUT2D eigenvalue weighted by atomic mass is 9.94. The first-order valence-corrected chi connectivity index (χ1v) is 8.85. The van der Waals surface area contributed by atoms with Crippen LogP contribution >= 0.6 is 0 Å². The maximum Gasteiger partial charge on any atom is 0.236 e. The highest BCUT2D eigenvalue weighted by Crippen LogP contribution is 2.20. The third-order valence-electron chi connectivity index (χ3n) is 4.90. The second-order valence-corrected chi connectivity index (χ2v) is 7.11. The van der Waals surface area contributed by atoms with Gasteiger partial charge in [0, 0.05) is 32.8 Å². The predicted octanol–water partition coefficient (Wildman–Crippen LogP) is 1.29. The largest absolute Gasteiger partial charge is 0.379 e. The Balaban J connectivity index is 1.61. The summed E-state index contributed by atoms with van der Waals surface area (Å²) >= 11 is 0. The highest BCUT2D eigenvalue weighted by molar-refractivity contribution is 5.78. The fourth-order valence-electron chi connectivity index (χ4n) is 3.25. The number of piperazine rings is 1. The predicted molar refractivity (Wildman–Crippen MR) is 88.9 cm³/mol. The van der Waals surface area contributed by atoms with Gasteiger partial charge in [0.1, 0.15) is 0 Å². The van der Waals surface area contributed by atoms with Gasteiger partial charge in [-0.2, -0.15) is 0 Å². The number of ether oxygens (including phenoxy) is 1. The fourth-order valence-corrected chi connectivity index (χ4v) is 3.25. The molecule has 2 aliphatic heterocycles. The molecule has 0 unspecified atom stereocenters. The van der Waals surface area contributed by atoms with E-state index in [0.29, 0.717) is 18.6 Å². The van der Waals surface area contributed by atoms with Gasteiger partial charge in [0.15, 0.2) is 0 Å². The molecule has 0 radical (unpaired) electrons. The van der Waals surface area contributed by atoms with Gasteiger partial charge >= 0.3 is 0 Å². The number of likely N-dealkylation sites (tertiary alicyclic amines) is 1. The minimum atomic E-state index is 0.315. The second kappa shape index (κ2) is 8.85. The molecular formula is C17H33N3O2. The van der Waals surface area contributed by atoms with Gasteiger partial charge in [-0.05, 0) is 59.2 Å². The zero-order valence-electron chi connectivity index (χ0n) is 14.6. The van der Waals surface area contributed by atoms with E-state index in [1.807, 2.05) is 4.90 Å². The van der Waals surface area contributed by atoms with Crippen molar-refractivity contribution < 1.29 is 9.53 Å². The Hall–Kier alpha value is -0.650. The number of piperidine rings is 1. The molecule has 0 aliphatic carbocycles. The van der Waals surface area contributed by atoms with Gasteiger partial charge < -0.3 is 14.5 Å². The van der Waals surface area contributed by atoms with E-state index < -0.39 is 0 Å². The lowest BCUT2D eigenvalue weighted by Crippen LogP contribution is -2.50. The third-order valence-corrected chi connectivity index (χ3v) is 4.90. The number of likely N-dealkylation sites (N-methyl/N-ethyl adjacent to an activating group) is 1. The molecule has 0 aromatic rings. The summed E-state index contributed by atoms with van der Waals surface area (Å²) in [4.78, 5) is 19.0. The number of amides is 1. The van der Waals surface area contributed by atoms with Crippen molar-refractivity contribution in [2.45, 2.75) is 39.2 Å². The molecule has 2 rings (SSSR count). The molecule has 0 N–H and O–H groups in total. The first-order valence-electron chi connectivity index (χ1n) is 8.85. The van der Waals surface area contributed by atoms with Crippen molar-refractivity contribution in [3.63, 3.8) is 0 Å². The van der Waals surface area contributed by atoms with Crippen LogP contribution in [-0.4, -0.2) is 86.2 Å². The molecule has 0 atom stereocenters. The molecule has 0 aromatic heterocycles. The minimum absolute atomic E-state index is 0.315. The molecule has 5 heteroatoms. The monoisotopic (exact) mass is 311 g/mol. The summed E-state index contributed by atoms with van der Waals surface area (Å²) in [6, 6.07) is 0. The summed E-state index contributed by atoms with van der Waals surface area (Å²) in [5.41, 5.74) is 0. The quantitative estimate of drug-likeness (QED) is 0.740. The Labute approximate surface area is 135 Å². The molecule has 2 heterocycles. The van der Waals surface area contributed by atoms with E-state index in [1.54, 1.807) is 0 Å². The number of carbonyl (C=O) groups is 1. The SMILES string of the molecule is CC(C)OCCC1CCN(CC(=O)N2CCN(C)CC2)CC1. The zero-order chi connectivity index (χ0) is 15.9. The molecular weight excluding hydrogens is 278 g/mol. The summed E-state index contributed by atoms with van der Waals surface area (Å²) in [5.74, 6) is 1.09. The summed E-state index contributed by atoms with van der Waals surface area (Å²) in [5, 5.41) is 0. The van der Waals surface area contributed by atoms with Gasteiger partial charge in [-0.25, -0.2) is 0 Å². The zero-order valence-corrected chi connectivity index (χ0v) is 14.6. The van der Waals surface area contributed by atoms with E-state index >= 15 is 0 Å². The average molecular weight is 311 g/mol. The number of hydrogen-bond acceptors (Lipinski definition) is 4. The Morgan fingerprint density at radius 1 is 1.09 bits per heavy atom. The van der Waals surface area contributed by atoms with Crippen LogP contribution in [0.15, 0.2) is 0 Å². The van der Waals surface area contributed by atoms with Crippen molar-refractivity contribution in [2.75, 3.05) is 59.5 Å². The second-order valence-electron chi connectivity index (χ2n) is 7.11. The van der Waals surface area contributed by atoms with Gasteiger partial charge in [0.25, 0.3) is 0 Å². The van der Waals surface area contributed by atoms with E-state index in [2.05, 4.69) is 30.7 Å². The van der Waals surface area contributed by atoms with E-state index in [1.165, 1.54) is 19.3 Å². The fraction of sp³-hybridized carbons (Fsp3) is 0.941. The molecule has 0 spiro atoms. The van der Waals surface area contributed by atoms with Crippen LogP contribution in [0.1, 0.15) is 33.1 Å². The van der Waals surface area contributed by atoms with Crippen molar-refractivity contribution in [1.29, 1.82) is 0 Å². The van der Waals surface area contributed by atoms with Crippen molar-refractivity contribution in [2.24, 2.45) is 5.92 Å². The summed E-state index contributed by atoms with van der Waals surface area (Å²) in [6.07, 6.45) is 3.91. The van der Waals surface area contributed by atoms with E-state index in [4.69, 9.17) is 4.74 Å². The molecule has 2 fully saturated rings. The third kappa shape index (κ3) is 5.86. The Morgan fingerprint density at radius 3 is 2.32 bits per heavy atom. The average Bonchev–Trinajstić information content (AvgIpc) is 2.49. The maximum atomic E-state index is 12.3. The van der Waals surface area contributed by atoms with E-state index in [0.717, 1.165) is 51.8 Å². The van der Waals surface area contributed by atoms with Crippen LogP contribution in [0.4, 0.5) is 0 Å². The van der Waals surface area contributed by atoms with Crippen LogP contribution in [0.25, 0.3) is 0 Å². The Kier molecular flexibility index (Phi) is 7.12. The molecule has 1 amide bonds. The van der Waals surface area contributed by atoms with Crippen LogP contribution in [0.2, 0.25) is 0 Å². The first-order chi connectivity index (χ1) is 10.5. The highest BCUT2D eigenvalue weighted by atomic mass is 16.5. The van der Waals surface area contributed by atoms with Crippen LogP contribution < -0.4 is 0 Å². The van der Waals surface area contributed by atoms with Crippen LogP contribution in [0, 0.1) is 5.92 Å². The summed E-state index contributed by atoms with van der Waals surface area (Å²) < 4.78 is 5.65. The highest BCUT2D eigenvalue weighted by Gasteiger charge is 2.24. The topological polar surface area (TPSA) is 36.0 Å². The molecule has 2 saturated heterocycles. The van der Waals surface area contributed by atoms with Gasteiger partial charge in [0.05, 0.1) is 12.6 Å². The molecule has 5 nitrogen and oxygen atoms in total. The number of carbonyl (C=O) groups excluding carboxylic acids is 1. The molecule has 22 heavy (non-hydrogen) atoms. The first kappa shape index (κ1) is 17.7. The molecule has 0 saturated carbocycles. The standard InChI is InChI=1S/C17H33N3O2/c1-15(2)22-13-6-16-4-7-19(8-5-16)14-17(21)20-11-9-18(3)10-12-20/h15-16H,4-14H2,1-3H3. The van der Waals surface area contributed by atoms with Crippen molar-refractivity contribution in [3.8, 4) is 0 Å². The number of rotatable bonds is 6. The molecule has 128 valence electrons. The van der Waals surface area contributed by atoms with Crippen molar-refractivity contribution in [3.05, 3.63) is 0 Å². The summed E-state index contributed by atoms with van der Waals surface area (Å²) in [6.45, 7) is 11.6. The molecule has 2 aliphatic rings. The Bertz CT molecular complexity index is 333. The smallest absolute Gasteiger partial charge is 0.236 e. The number of hydrogen-bond donors (Lipinski definition) is 0.